The van der Waals surface area contributed by atoms with Gasteiger partial charge >= 0.3 is 5.97 Å². The van der Waals surface area contributed by atoms with E-state index in [0.29, 0.717) is 18.0 Å². The zero-order valence-corrected chi connectivity index (χ0v) is 12.6. The fourth-order valence-corrected chi connectivity index (χ4v) is 2.58. The van der Waals surface area contributed by atoms with Crippen LogP contribution in [-0.4, -0.2) is 45.6 Å². The molecule has 1 aromatic heterocycles. The molecule has 0 spiro atoms. The van der Waals surface area contributed by atoms with E-state index in [1.54, 1.807) is 6.07 Å². The molecule has 0 aromatic carbocycles. The molecule has 0 radical (unpaired) electrons. The monoisotopic (exact) mass is 310 g/mol. The summed E-state index contributed by atoms with van der Waals surface area (Å²) in [5, 5.41) is 8.86. The van der Waals surface area contributed by atoms with E-state index in [9.17, 15) is 18.8 Å². The van der Waals surface area contributed by atoms with Gasteiger partial charge in [0.05, 0.1) is 6.54 Å². The highest BCUT2D eigenvalue weighted by Crippen LogP contribution is 2.27. The number of amides is 1. The first-order valence-electron chi connectivity index (χ1n) is 7.16. The summed E-state index contributed by atoms with van der Waals surface area (Å²) >= 11 is 0. The average molecular weight is 310 g/mol. The molecule has 1 saturated heterocycles. The minimum Gasteiger partial charge on any atom is -0.479 e. The summed E-state index contributed by atoms with van der Waals surface area (Å²) in [6.07, 6.45) is 0.370. The molecule has 7 heteroatoms. The summed E-state index contributed by atoms with van der Waals surface area (Å²) in [4.78, 5) is 38.7. The molecule has 2 rings (SSSR count). The standard InChI is InChI=1S/C15H19FN2O4/c1-9(2)5-11-6-10(7-12(19)17-11)13(20)18-4-3-15(16,8-18)14(21)22/h6-7,9H,3-5,8H2,1-2H3,(H,17,19)(H,21,22). The van der Waals surface area contributed by atoms with Crippen LogP contribution in [0.3, 0.4) is 0 Å². The Hall–Kier alpha value is -2.18. The highest BCUT2D eigenvalue weighted by molar-refractivity contribution is 5.95. The van der Waals surface area contributed by atoms with Crippen LogP contribution in [0, 0.1) is 5.92 Å². The van der Waals surface area contributed by atoms with Crippen molar-refractivity contribution in [3.63, 3.8) is 0 Å². The minimum absolute atomic E-state index is 0.0218. The van der Waals surface area contributed by atoms with Crippen molar-refractivity contribution < 1.29 is 19.1 Å². The molecule has 0 bridgehead atoms. The molecule has 1 aliphatic heterocycles. The van der Waals surface area contributed by atoms with Crippen LogP contribution < -0.4 is 5.56 Å². The van der Waals surface area contributed by atoms with Crippen molar-refractivity contribution in [1.82, 2.24) is 9.88 Å². The maximum atomic E-state index is 14.0. The van der Waals surface area contributed by atoms with E-state index in [1.807, 2.05) is 13.8 Å². The van der Waals surface area contributed by atoms with Gasteiger partial charge in [-0.3, -0.25) is 9.59 Å². The number of carboxylic acids is 1. The number of hydrogen-bond acceptors (Lipinski definition) is 3. The lowest BCUT2D eigenvalue weighted by atomic mass is 10.1. The number of carbonyl (C=O) groups is 2. The van der Waals surface area contributed by atoms with E-state index >= 15 is 0 Å². The van der Waals surface area contributed by atoms with Crippen molar-refractivity contribution in [2.45, 2.75) is 32.4 Å². The van der Waals surface area contributed by atoms with Crippen molar-refractivity contribution >= 4 is 11.9 Å². The van der Waals surface area contributed by atoms with Gasteiger partial charge in [0.15, 0.2) is 0 Å². The second kappa shape index (κ2) is 5.90. The number of H-pyrrole nitrogens is 1. The average Bonchev–Trinajstić information content (AvgIpc) is 2.80. The maximum Gasteiger partial charge on any atom is 0.343 e. The molecule has 2 N–H and O–H groups in total. The fraction of sp³-hybridized carbons (Fsp3) is 0.533. The van der Waals surface area contributed by atoms with E-state index in [2.05, 4.69) is 4.98 Å². The Kier molecular flexibility index (Phi) is 4.35. The predicted molar refractivity (Wildman–Crippen MR) is 77.6 cm³/mol. The Morgan fingerprint density at radius 1 is 1.45 bits per heavy atom. The Balaban J connectivity index is 2.22. The predicted octanol–water partition coefficient (Wildman–Crippen LogP) is 1.21. The number of aliphatic carboxylic acids is 1. The van der Waals surface area contributed by atoms with Crippen LogP contribution in [0.1, 0.15) is 36.3 Å². The normalized spacial score (nSPS) is 21.4. The molecular weight excluding hydrogens is 291 g/mol. The smallest absolute Gasteiger partial charge is 0.343 e. The quantitative estimate of drug-likeness (QED) is 0.874. The molecule has 1 amide bonds. The first kappa shape index (κ1) is 16.2. The molecule has 1 fully saturated rings. The molecule has 22 heavy (non-hydrogen) atoms. The van der Waals surface area contributed by atoms with Crippen molar-refractivity contribution in [3.05, 3.63) is 33.7 Å². The molecule has 1 aliphatic rings. The molecular formula is C15H19FN2O4. The molecule has 1 atom stereocenters. The lowest BCUT2D eigenvalue weighted by Crippen LogP contribution is -2.39. The number of carboxylic acid groups (broad SMARTS) is 1. The SMILES string of the molecule is CC(C)Cc1cc(C(=O)N2CCC(F)(C(=O)O)C2)cc(=O)[nH]1. The van der Waals surface area contributed by atoms with E-state index in [1.165, 1.54) is 0 Å². The first-order chi connectivity index (χ1) is 10.2. The zero-order valence-electron chi connectivity index (χ0n) is 12.6. The van der Waals surface area contributed by atoms with Gasteiger partial charge in [-0.15, -0.1) is 0 Å². The summed E-state index contributed by atoms with van der Waals surface area (Å²) in [5.74, 6) is -1.77. The molecule has 1 unspecified atom stereocenters. The zero-order chi connectivity index (χ0) is 16.5. The van der Waals surface area contributed by atoms with Gasteiger partial charge in [-0.1, -0.05) is 13.8 Å². The van der Waals surface area contributed by atoms with Crippen molar-refractivity contribution in [3.8, 4) is 0 Å². The molecule has 2 heterocycles. The summed E-state index contributed by atoms with van der Waals surface area (Å²) in [6.45, 7) is 3.50. The van der Waals surface area contributed by atoms with Crippen LogP contribution in [0.15, 0.2) is 16.9 Å². The number of hydrogen-bond donors (Lipinski definition) is 2. The van der Waals surface area contributed by atoms with Crippen LogP contribution in [-0.2, 0) is 11.2 Å². The molecule has 0 aliphatic carbocycles. The van der Waals surface area contributed by atoms with Gasteiger partial charge in [0.25, 0.3) is 5.91 Å². The number of alkyl halides is 1. The lowest BCUT2D eigenvalue weighted by molar-refractivity contribution is -0.149. The van der Waals surface area contributed by atoms with Crippen molar-refractivity contribution in [2.75, 3.05) is 13.1 Å². The number of likely N-dealkylation sites (tertiary alicyclic amines) is 1. The molecule has 120 valence electrons. The largest absolute Gasteiger partial charge is 0.479 e. The minimum atomic E-state index is -2.41. The first-order valence-corrected chi connectivity index (χ1v) is 7.16. The van der Waals surface area contributed by atoms with Crippen LogP contribution in [0.25, 0.3) is 0 Å². The van der Waals surface area contributed by atoms with E-state index in [-0.39, 0.29) is 18.5 Å². The highest BCUT2D eigenvalue weighted by Gasteiger charge is 2.47. The van der Waals surface area contributed by atoms with Crippen molar-refractivity contribution in [2.24, 2.45) is 5.92 Å². The van der Waals surface area contributed by atoms with Crippen LogP contribution >= 0.6 is 0 Å². The third-order valence-electron chi connectivity index (χ3n) is 3.67. The Morgan fingerprint density at radius 3 is 2.68 bits per heavy atom. The van der Waals surface area contributed by atoms with Gasteiger partial charge in [0.2, 0.25) is 11.2 Å². The van der Waals surface area contributed by atoms with Gasteiger partial charge in [-0.05, 0) is 18.4 Å². The Bertz CT molecular complexity index is 655. The summed E-state index contributed by atoms with van der Waals surface area (Å²) in [7, 11) is 0. The number of carbonyl (C=O) groups excluding carboxylic acids is 1. The fourth-order valence-electron chi connectivity index (χ4n) is 2.58. The Labute approximate surface area is 126 Å². The van der Waals surface area contributed by atoms with Crippen LogP contribution in [0.5, 0.6) is 0 Å². The summed E-state index contributed by atoms with van der Waals surface area (Å²) < 4.78 is 14.0. The number of pyridine rings is 1. The number of halogens is 1. The third kappa shape index (κ3) is 3.35. The maximum absolute atomic E-state index is 14.0. The summed E-state index contributed by atoms with van der Waals surface area (Å²) in [5.41, 5.74) is -2.01. The van der Waals surface area contributed by atoms with E-state index in [0.717, 1.165) is 11.0 Å². The second-order valence-corrected chi connectivity index (χ2v) is 6.10. The Morgan fingerprint density at radius 2 is 2.14 bits per heavy atom. The molecule has 1 aromatic rings. The van der Waals surface area contributed by atoms with Gasteiger partial charge in [-0.2, -0.15) is 0 Å². The molecule has 6 nitrogen and oxygen atoms in total. The number of rotatable bonds is 4. The van der Waals surface area contributed by atoms with Gasteiger partial charge in [-0.25, -0.2) is 9.18 Å². The summed E-state index contributed by atoms with van der Waals surface area (Å²) in [6, 6.07) is 2.73. The van der Waals surface area contributed by atoms with Crippen molar-refractivity contribution in [1.29, 1.82) is 0 Å². The number of aromatic amines is 1. The number of aromatic nitrogens is 1. The van der Waals surface area contributed by atoms with Crippen LogP contribution in [0.4, 0.5) is 4.39 Å². The van der Waals surface area contributed by atoms with Crippen LogP contribution in [0.2, 0.25) is 0 Å². The molecule has 0 saturated carbocycles. The third-order valence-corrected chi connectivity index (χ3v) is 3.67. The lowest BCUT2D eigenvalue weighted by Gasteiger charge is -2.18. The van der Waals surface area contributed by atoms with Gasteiger partial charge < -0.3 is 15.0 Å². The highest BCUT2D eigenvalue weighted by atomic mass is 19.1. The topological polar surface area (TPSA) is 90.5 Å². The van der Waals surface area contributed by atoms with Gasteiger partial charge in [0, 0.05) is 30.3 Å². The van der Waals surface area contributed by atoms with E-state index < -0.39 is 29.6 Å². The second-order valence-electron chi connectivity index (χ2n) is 6.10. The van der Waals surface area contributed by atoms with E-state index in [4.69, 9.17) is 5.11 Å². The number of nitrogens with one attached hydrogen (secondary N) is 1. The van der Waals surface area contributed by atoms with Gasteiger partial charge in [0.1, 0.15) is 0 Å². The number of nitrogens with zero attached hydrogens (tertiary/aromatic N) is 1.